The average Bonchev–Trinajstić information content (AvgIpc) is 2.22. The molecule has 0 aliphatic heterocycles. The second kappa shape index (κ2) is 6.09. The molecule has 82 valence electrons. The topological polar surface area (TPSA) is 62.4 Å². The lowest BCUT2D eigenvalue weighted by Gasteiger charge is -2.11. The molecule has 4 N–H and O–H groups in total. The molecule has 0 aliphatic rings. The predicted octanol–water partition coefficient (Wildman–Crippen LogP) is 2.46. The van der Waals surface area contributed by atoms with Gasteiger partial charge in [0, 0.05) is 15.5 Å². The largest absolute Gasteiger partial charge is 0.323 e. The maximum atomic E-state index is 5.33. The monoisotopic (exact) mass is 334 g/mol. The number of halogens is 2. The van der Waals surface area contributed by atoms with E-state index in [-0.39, 0.29) is 0 Å². The lowest BCUT2D eigenvalue weighted by atomic mass is 10.3. The van der Waals surface area contributed by atoms with E-state index in [0.717, 1.165) is 14.6 Å². The van der Waals surface area contributed by atoms with Crippen molar-refractivity contribution >= 4 is 43.5 Å². The molecule has 0 atom stereocenters. The fourth-order valence-electron chi connectivity index (χ4n) is 1.02. The Kier molecular flexibility index (Phi) is 5.07. The highest BCUT2D eigenvalue weighted by molar-refractivity contribution is 9.11. The van der Waals surface area contributed by atoms with Crippen LogP contribution in [0.2, 0.25) is 0 Å². The molecule has 0 saturated heterocycles. The molecule has 1 aromatic carbocycles. The Hall–Kier alpha value is -0.590. The first-order valence-electron chi connectivity index (χ1n) is 4.41. The molecule has 0 heterocycles. The number of hydrazine groups is 1. The Morgan fingerprint density at radius 2 is 2.00 bits per heavy atom. The number of benzene rings is 1. The van der Waals surface area contributed by atoms with Gasteiger partial charge >= 0.3 is 0 Å². The Bertz CT molecular complexity index is 345. The molecule has 0 spiro atoms. The van der Waals surface area contributed by atoms with Crippen LogP contribution in [-0.4, -0.2) is 12.5 Å². The number of rotatable bonds is 2. The maximum Gasteiger partial charge on any atom is 0.210 e. The molecule has 15 heavy (non-hydrogen) atoms. The van der Waals surface area contributed by atoms with Gasteiger partial charge in [-0.3, -0.25) is 10.4 Å². The van der Waals surface area contributed by atoms with Crippen molar-refractivity contribution in [1.29, 1.82) is 0 Å². The number of nitrogens with one attached hydrogen (secondary N) is 2. The van der Waals surface area contributed by atoms with E-state index in [9.17, 15) is 0 Å². The molecule has 4 nitrogen and oxygen atoms in total. The molecule has 0 fully saturated rings. The smallest absolute Gasteiger partial charge is 0.210 e. The summed E-state index contributed by atoms with van der Waals surface area (Å²) < 4.78 is 1.88. The summed E-state index contributed by atoms with van der Waals surface area (Å²) in [7, 11) is 0. The van der Waals surface area contributed by atoms with Crippen molar-refractivity contribution in [3.63, 3.8) is 0 Å². The zero-order valence-corrected chi connectivity index (χ0v) is 11.4. The predicted molar refractivity (Wildman–Crippen MR) is 70.8 cm³/mol. The maximum absolute atomic E-state index is 5.33. The summed E-state index contributed by atoms with van der Waals surface area (Å²) in [6.07, 6.45) is 0. The molecular weight excluding hydrogens is 324 g/mol. The zero-order valence-electron chi connectivity index (χ0n) is 8.22. The van der Waals surface area contributed by atoms with Gasteiger partial charge in [-0.05, 0) is 50.9 Å². The van der Waals surface area contributed by atoms with Crippen molar-refractivity contribution in [2.75, 3.05) is 11.9 Å². The highest BCUT2D eigenvalue weighted by atomic mass is 79.9. The molecule has 0 aromatic heterocycles. The van der Waals surface area contributed by atoms with Crippen LogP contribution < -0.4 is 16.6 Å². The minimum atomic E-state index is 0.533. The first kappa shape index (κ1) is 12.5. The van der Waals surface area contributed by atoms with Crippen LogP contribution in [0.15, 0.2) is 32.1 Å². The third-order valence-electron chi connectivity index (χ3n) is 1.66. The van der Waals surface area contributed by atoms with Crippen LogP contribution in [0.3, 0.4) is 0 Å². The van der Waals surface area contributed by atoms with Gasteiger partial charge in [0.15, 0.2) is 0 Å². The van der Waals surface area contributed by atoms with Gasteiger partial charge in [-0.25, -0.2) is 5.84 Å². The van der Waals surface area contributed by atoms with Gasteiger partial charge in [-0.15, -0.1) is 0 Å². The Labute approximate surface area is 106 Å². The highest BCUT2D eigenvalue weighted by Crippen LogP contribution is 2.30. The first-order chi connectivity index (χ1) is 7.19. The van der Waals surface area contributed by atoms with Crippen molar-refractivity contribution in [3.05, 3.63) is 27.1 Å². The number of hydrogen-bond donors (Lipinski definition) is 3. The second-order valence-electron chi connectivity index (χ2n) is 2.69. The third kappa shape index (κ3) is 3.48. The average molecular weight is 336 g/mol. The van der Waals surface area contributed by atoms with Crippen LogP contribution in [0.25, 0.3) is 0 Å². The summed E-state index contributed by atoms with van der Waals surface area (Å²) in [5.74, 6) is 5.87. The first-order valence-corrected chi connectivity index (χ1v) is 5.99. The number of guanidine groups is 1. The summed E-state index contributed by atoms with van der Waals surface area (Å²) in [5.41, 5.74) is 3.39. The van der Waals surface area contributed by atoms with Crippen LogP contribution in [0, 0.1) is 0 Å². The SMILES string of the molecule is CCN=C(NN)Nc1c(Br)cccc1Br. The number of aliphatic imine (C=N–C) groups is 1. The van der Waals surface area contributed by atoms with E-state index in [1.807, 2.05) is 25.1 Å². The molecule has 0 aliphatic carbocycles. The molecular formula is C9H12Br2N4. The minimum absolute atomic E-state index is 0.533. The zero-order chi connectivity index (χ0) is 11.3. The fourth-order valence-corrected chi connectivity index (χ4v) is 2.21. The number of anilines is 1. The Morgan fingerprint density at radius 1 is 1.40 bits per heavy atom. The normalized spacial score (nSPS) is 11.3. The van der Waals surface area contributed by atoms with E-state index in [1.165, 1.54) is 0 Å². The van der Waals surface area contributed by atoms with Crippen molar-refractivity contribution in [2.24, 2.45) is 10.8 Å². The molecule has 0 amide bonds. The third-order valence-corrected chi connectivity index (χ3v) is 2.98. The molecule has 0 saturated carbocycles. The summed E-state index contributed by atoms with van der Waals surface area (Å²) in [5, 5.41) is 3.09. The van der Waals surface area contributed by atoms with Crippen LogP contribution in [-0.2, 0) is 0 Å². The van der Waals surface area contributed by atoms with Gasteiger partial charge in [0.2, 0.25) is 5.96 Å². The number of nitrogens with two attached hydrogens (primary N) is 1. The highest BCUT2D eigenvalue weighted by Gasteiger charge is 2.05. The molecule has 0 bridgehead atoms. The molecule has 1 aromatic rings. The van der Waals surface area contributed by atoms with Crippen molar-refractivity contribution < 1.29 is 0 Å². The van der Waals surface area contributed by atoms with Crippen LogP contribution in [0.1, 0.15) is 6.92 Å². The van der Waals surface area contributed by atoms with Gasteiger partial charge in [0.05, 0.1) is 5.69 Å². The van der Waals surface area contributed by atoms with E-state index in [1.54, 1.807) is 0 Å². The van der Waals surface area contributed by atoms with E-state index in [0.29, 0.717) is 12.5 Å². The molecule has 0 unspecified atom stereocenters. The van der Waals surface area contributed by atoms with E-state index in [4.69, 9.17) is 5.84 Å². The summed E-state index contributed by atoms with van der Waals surface area (Å²) in [4.78, 5) is 4.15. The quantitative estimate of drug-likeness (QED) is 0.337. The minimum Gasteiger partial charge on any atom is -0.323 e. The molecule has 0 radical (unpaired) electrons. The molecule has 6 heteroatoms. The van der Waals surface area contributed by atoms with Gasteiger partial charge in [0.1, 0.15) is 0 Å². The van der Waals surface area contributed by atoms with Crippen LogP contribution in [0.5, 0.6) is 0 Å². The molecule has 1 rings (SSSR count). The van der Waals surface area contributed by atoms with E-state index >= 15 is 0 Å². The van der Waals surface area contributed by atoms with Crippen molar-refractivity contribution in [2.45, 2.75) is 6.92 Å². The van der Waals surface area contributed by atoms with Gasteiger partial charge in [0.25, 0.3) is 0 Å². The fraction of sp³-hybridized carbons (Fsp3) is 0.222. The standard InChI is InChI=1S/C9H12Br2N4/c1-2-13-9(15-12)14-8-6(10)4-3-5-7(8)11/h3-5H,2,12H2,1H3,(H2,13,14,15). The van der Waals surface area contributed by atoms with Gasteiger partial charge in [-0.1, -0.05) is 6.07 Å². The summed E-state index contributed by atoms with van der Waals surface area (Å²) in [6, 6.07) is 5.81. The van der Waals surface area contributed by atoms with Gasteiger partial charge in [-0.2, -0.15) is 0 Å². The second-order valence-corrected chi connectivity index (χ2v) is 4.40. The number of para-hydroxylation sites is 1. The Balaban J connectivity index is 2.93. The lowest BCUT2D eigenvalue weighted by molar-refractivity contribution is 0.985. The van der Waals surface area contributed by atoms with Crippen molar-refractivity contribution in [3.8, 4) is 0 Å². The summed E-state index contributed by atoms with van der Waals surface area (Å²) in [6.45, 7) is 2.60. The van der Waals surface area contributed by atoms with E-state index in [2.05, 4.69) is 47.6 Å². The van der Waals surface area contributed by atoms with Crippen LogP contribution in [0.4, 0.5) is 5.69 Å². The van der Waals surface area contributed by atoms with Crippen LogP contribution >= 0.6 is 31.9 Å². The van der Waals surface area contributed by atoms with Crippen molar-refractivity contribution in [1.82, 2.24) is 5.43 Å². The number of hydrogen-bond acceptors (Lipinski definition) is 2. The number of nitrogens with zero attached hydrogens (tertiary/aromatic N) is 1. The summed E-state index contributed by atoms with van der Waals surface area (Å²) >= 11 is 6.88. The lowest BCUT2D eigenvalue weighted by Crippen LogP contribution is -2.36. The van der Waals surface area contributed by atoms with Gasteiger partial charge < -0.3 is 5.32 Å². The Morgan fingerprint density at radius 3 is 2.47 bits per heavy atom. The van der Waals surface area contributed by atoms with E-state index < -0.39 is 0 Å².